The summed E-state index contributed by atoms with van der Waals surface area (Å²) in [6.45, 7) is 4.22. The number of para-hydroxylation sites is 1. The van der Waals surface area contributed by atoms with Gasteiger partial charge in [-0.15, -0.1) is 0 Å². The second-order valence-electron chi connectivity index (χ2n) is 4.19. The summed E-state index contributed by atoms with van der Waals surface area (Å²) in [6, 6.07) is 4.72. The van der Waals surface area contributed by atoms with Gasteiger partial charge in [-0.1, -0.05) is 25.5 Å². The van der Waals surface area contributed by atoms with Crippen molar-refractivity contribution in [1.29, 1.82) is 0 Å². The van der Waals surface area contributed by atoms with Gasteiger partial charge in [0.15, 0.2) is 0 Å². The fourth-order valence-corrected chi connectivity index (χ4v) is 1.64. The molecule has 1 amide bonds. The quantitative estimate of drug-likeness (QED) is 0.827. The molecule has 0 heterocycles. The van der Waals surface area contributed by atoms with Gasteiger partial charge < -0.3 is 11.1 Å². The van der Waals surface area contributed by atoms with Crippen LogP contribution in [0.3, 0.4) is 0 Å². The van der Waals surface area contributed by atoms with Gasteiger partial charge in [-0.2, -0.15) is 0 Å². The molecule has 0 aliphatic carbocycles. The van der Waals surface area contributed by atoms with E-state index >= 15 is 0 Å². The summed E-state index contributed by atoms with van der Waals surface area (Å²) in [5.74, 6) is -0.434. The Bertz CT molecular complexity index is 369. The summed E-state index contributed by atoms with van der Waals surface area (Å²) in [5, 5.41) is 2.61. The average molecular weight is 238 g/mol. The number of anilines is 1. The maximum absolute atomic E-state index is 13.5. The standard InChI is InChI=1S/C13H19FN2O/c1-3-10(8-15)7-12(17)16-13-9(2)5-4-6-11(13)14/h4-6,10H,3,7-8,15H2,1-2H3,(H,16,17). The molecule has 0 spiro atoms. The van der Waals surface area contributed by atoms with Crippen LogP contribution in [0.25, 0.3) is 0 Å². The zero-order valence-electron chi connectivity index (χ0n) is 10.3. The van der Waals surface area contributed by atoms with E-state index in [0.29, 0.717) is 13.0 Å². The van der Waals surface area contributed by atoms with Crippen LogP contribution in [0.5, 0.6) is 0 Å². The zero-order chi connectivity index (χ0) is 12.8. The number of carbonyl (C=O) groups is 1. The van der Waals surface area contributed by atoms with Crippen LogP contribution in [0.15, 0.2) is 18.2 Å². The molecule has 0 aliphatic heterocycles. The monoisotopic (exact) mass is 238 g/mol. The van der Waals surface area contributed by atoms with Crippen LogP contribution in [-0.4, -0.2) is 12.5 Å². The summed E-state index contributed by atoms with van der Waals surface area (Å²) in [6.07, 6.45) is 1.18. The van der Waals surface area contributed by atoms with Crippen molar-refractivity contribution < 1.29 is 9.18 Å². The van der Waals surface area contributed by atoms with Crippen molar-refractivity contribution in [2.75, 3.05) is 11.9 Å². The number of benzene rings is 1. The summed E-state index contributed by atoms with van der Waals surface area (Å²) < 4.78 is 13.5. The van der Waals surface area contributed by atoms with E-state index in [1.807, 2.05) is 6.92 Å². The molecule has 0 fully saturated rings. The van der Waals surface area contributed by atoms with Gasteiger partial charge in [0.25, 0.3) is 0 Å². The molecule has 1 atom stereocenters. The molecule has 0 saturated carbocycles. The molecule has 0 aliphatic rings. The van der Waals surface area contributed by atoms with Crippen LogP contribution < -0.4 is 11.1 Å². The largest absolute Gasteiger partial charge is 0.330 e. The minimum atomic E-state index is -0.404. The van der Waals surface area contributed by atoms with E-state index in [1.54, 1.807) is 19.1 Å². The van der Waals surface area contributed by atoms with Crippen molar-refractivity contribution in [3.05, 3.63) is 29.6 Å². The van der Waals surface area contributed by atoms with Crippen molar-refractivity contribution in [3.8, 4) is 0 Å². The number of nitrogens with two attached hydrogens (primary N) is 1. The number of hydrogen-bond acceptors (Lipinski definition) is 2. The second kappa shape index (κ2) is 6.35. The Morgan fingerprint density at radius 3 is 2.76 bits per heavy atom. The van der Waals surface area contributed by atoms with E-state index < -0.39 is 5.82 Å². The maximum Gasteiger partial charge on any atom is 0.224 e. The van der Waals surface area contributed by atoms with E-state index in [1.165, 1.54) is 6.07 Å². The molecule has 3 nitrogen and oxygen atoms in total. The highest BCUT2D eigenvalue weighted by atomic mass is 19.1. The first-order valence-electron chi connectivity index (χ1n) is 5.83. The highest BCUT2D eigenvalue weighted by molar-refractivity contribution is 5.91. The molecule has 0 saturated heterocycles. The van der Waals surface area contributed by atoms with Gasteiger partial charge in [0.2, 0.25) is 5.91 Å². The third kappa shape index (κ3) is 3.82. The highest BCUT2D eigenvalue weighted by Gasteiger charge is 2.13. The summed E-state index contributed by atoms with van der Waals surface area (Å²) >= 11 is 0. The lowest BCUT2D eigenvalue weighted by molar-refractivity contribution is -0.117. The number of halogens is 1. The van der Waals surface area contributed by atoms with E-state index in [9.17, 15) is 9.18 Å². The lowest BCUT2D eigenvalue weighted by atomic mass is 10.0. The Kier molecular flexibility index (Phi) is 5.10. The SMILES string of the molecule is CCC(CN)CC(=O)Nc1c(C)cccc1F. The van der Waals surface area contributed by atoms with Crippen LogP contribution in [0.1, 0.15) is 25.3 Å². The molecular weight excluding hydrogens is 219 g/mol. The first kappa shape index (κ1) is 13.6. The normalized spacial score (nSPS) is 12.2. The molecular formula is C13H19FN2O. The Hall–Kier alpha value is -1.42. The van der Waals surface area contributed by atoms with Crippen LogP contribution in [-0.2, 0) is 4.79 Å². The fraction of sp³-hybridized carbons (Fsp3) is 0.462. The molecule has 1 aromatic rings. The number of carbonyl (C=O) groups excluding carboxylic acids is 1. The van der Waals surface area contributed by atoms with Crippen molar-refractivity contribution >= 4 is 11.6 Å². The molecule has 1 aromatic carbocycles. The topological polar surface area (TPSA) is 55.1 Å². The molecule has 1 rings (SSSR count). The second-order valence-corrected chi connectivity index (χ2v) is 4.19. The van der Waals surface area contributed by atoms with E-state index in [4.69, 9.17) is 5.73 Å². The Labute approximate surface area is 101 Å². The van der Waals surface area contributed by atoms with Gasteiger partial charge in [-0.3, -0.25) is 4.79 Å². The molecule has 3 N–H and O–H groups in total. The third-order valence-corrected chi connectivity index (χ3v) is 2.87. The Morgan fingerprint density at radius 1 is 1.53 bits per heavy atom. The first-order valence-corrected chi connectivity index (χ1v) is 5.83. The van der Waals surface area contributed by atoms with Gasteiger partial charge in [0.05, 0.1) is 5.69 Å². The highest BCUT2D eigenvalue weighted by Crippen LogP contribution is 2.19. The van der Waals surface area contributed by atoms with Gasteiger partial charge >= 0.3 is 0 Å². The minimum Gasteiger partial charge on any atom is -0.330 e. The van der Waals surface area contributed by atoms with Gasteiger partial charge in [0, 0.05) is 6.42 Å². The molecule has 17 heavy (non-hydrogen) atoms. The first-order chi connectivity index (χ1) is 8.08. The van der Waals surface area contributed by atoms with E-state index in [2.05, 4.69) is 5.32 Å². The van der Waals surface area contributed by atoms with E-state index in [-0.39, 0.29) is 17.5 Å². The van der Waals surface area contributed by atoms with Crippen molar-refractivity contribution in [1.82, 2.24) is 0 Å². The van der Waals surface area contributed by atoms with Gasteiger partial charge in [-0.05, 0) is 31.0 Å². The van der Waals surface area contributed by atoms with Gasteiger partial charge in [0.1, 0.15) is 5.82 Å². The molecule has 0 aromatic heterocycles. The molecule has 1 unspecified atom stereocenters. The van der Waals surface area contributed by atoms with Crippen LogP contribution in [0, 0.1) is 18.7 Å². The van der Waals surface area contributed by atoms with Crippen LogP contribution in [0.4, 0.5) is 10.1 Å². The maximum atomic E-state index is 13.5. The number of amides is 1. The Morgan fingerprint density at radius 2 is 2.24 bits per heavy atom. The molecule has 4 heteroatoms. The molecule has 0 radical (unpaired) electrons. The lowest BCUT2D eigenvalue weighted by Crippen LogP contribution is -2.22. The minimum absolute atomic E-state index is 0.155. The third-order valence-electron chi connectivity index (χ3n) is 2.87. The average Bonchev–Trinajstić information content (AvgIpc) is 2.31. The lowest BCUT2D eigenvalue weighted by Gasteiger charge is -2.13. The molecule has 94 valence electrons. The van der Waals surface area contributed by atoms with Crippen molar-refractivity contribution in [2.45, 2.75) is 26.7 Å². The van der Waals surface area contributed by atoms with E-state index in [0.717, 1.165) is 12.0 Å². The van der Waals surface area contributed by atoms with Crippen LogP contribution in [0.2, 0.25) is 0 Å². The van der Waals surface area contributed by atoms with Gasteiger partial charge in [-0.25, -0.2) is 4.39 Å². The summed E-state index contributed by atoms with van der Waals surface area (Å²) in [4.78, 5) is 11.7. The summed E-state index contributed by atoms with van der Waals surface area (Å²) in [7, 11) is 0. The Balaban J connectivity index is 2.68. The number of rotatable bonds is 5. The molecule has 0 bridgehead atoms. The predicted octanol–water partition coefficient (Wildman–Crippen LogP) is 2.45. The number of aryl methyl sites for hydroxylation is 1. The van der Waals surface area contributed by atoms with Crippen molar-refractivity contribution in [2.24, 2.45) is 11.7 Å². The van der Waals surface area contributed by atoms with Crippen LogP contribution >= 0.6 is 0 Å². The number of hydrogen-bond donors (Lipinski definition) is 2. The van der Waals surface area contributed by atoms with Crippen molar-refractivity contribution in [3.63, 3.8) is 0 Å². The summed E-state index contributed by atoms with van der Waals surface area (Å²) in [5.41, 5.74) is 6.52. The fourth-order valence-electron chi connectivity index (χ4n) is 1.64. The number of nitrogens with one attached hydrogen (secondary N) is 1. The smallest absolute Gasteiger partial charge is 0.224 e. The zero-order valence-corrected chi connectivity index (χ0v) is 10.3. The predicted molar refractivity (Wildman–Crippen MR) is 67.2 cm³/mol.